The topological polar surface area (TPSA) is 67.4 Å². The second-order valence-corrected chi connectivity index (χ2v) is 11.2. The van der Waals surface area contributed by atoms with Crippen LogP contribution in [0.4, 0.5) is 0 Å². The Morgan fingerprint density at radius 2 is 1.68 bits per heavy atom. The molecule has 5 nitrogen and oxygen atoms in total. The molecule has 3 rings (SSSR count). The fourth-order valence-electron chi connectivity index (χ4n) is 3.70. The van der Waals surface area contributed by atoms with Crippen molar-refractivity contribution >= 4 is 22.4 Å². The van der Waals surface area contributed by atoms with Crippen LogP contribution in [0.2, 0.25) is 0 Å². The molecule has 2 aromatic rings. The lowest BCUT2D eigenvalue weighted by Gasteiger charge is -2.34. The lowest BCUT2D eigenvalue weighted by atomic mass is 9.94. The maximum atomic E-state index is 13.0. The summed E-state index contributed by atoms with van der Waals surface area (Å²) >= 11 is 0. The second kappa shape index (κ2) is 10.0. The van der Waals surface area contributed by atoms with Crippen molar-refractivity contribution < 1.29 is 13.2 Å². The zero-order chi connectivity index (χ0) is 22.0. The Bertz CT molecular complexity index is 977. The number of ether oxygens (including phenoxy) is 1. The highest BCUT2D eigenvalue weighted by molar-refractivity contribution is 7.89. The average molecular weight is 467 g/mol. The van der Waals surface area contributed by atoms with Gasteiger partial charge in [0, 0.05) is 11.1 Å². The maximum absolute atomic E-state index is 13.0. The molecule has 1 heterocycles. The van der Waals surface area contributed by atoms with Crippen molar-refractivity contribution in [2.24, 2.45) is 0 Å². The van der Waals surface area contributed by atoms with Crippen LogP contribution < -0.4 is 10.0 Å². The Morgan fingerprint density at radius 3 is 2.26 bits per heavy atom. The molecule has 0 aromatic heterocycles. The summed E-state index contributed by atoms with van der Waals surface area (Å²) in [5.41, 5.74) is 3.07. The average Bonchev–Trinajstić information content (AvgIpc) is 2.65. The lowest BCUT2D eigenvalue weighted by molar-refractivity contribution is -0.0621. The molecule has 1 saturated heterocycles. The highest BCUT2D eigenvalue weighted by Crippen LogP contribution is 2.30. The van der Waals surface area contributed by atoms with E-state index in [-0.39, 0.29) is 18.0 Å². The summed E-state index contributed by atoms with van der Waals surface area (Å²) in [6, 6.07) is 13.5. The van der Waals surface area contributed by atoms with Crippen LogP contribution in [0.3, 0.4) is 0 Å². The Morgan fingerprint density at radius 1 is 1.06 bits per heavy atom. The van der Waals surface area contributed by atoms with E-state index >= 15 is 0 Å². The van der Waals surface area contributed by atoms with Gasteiger partial charge in [-0.2, -0.15) is 0 Å². The third-order valence-corrected chi connectivity index (χ3v) is 7.19. The number of aryl methyl sites for hydroxylation is 1. The number of hydrogen-bond donors (Lipinski definition) is 2. The zero-order valence-electron chi connectivity index (χ0n) is 19.1. The summed E-state index contributed by atoms with van der Waals surface area (Å²) < 4.78 is 35.0. The van der Waals surface area contributed by atoms with Gasteiger partial charge in [-0.15, -0.1) is 12.4 Å². The van der Waals surface area contributed by atoms with E-state index in [4.69, 9.17) is 4.74 Å². The fourth-order valence-corrected chi connectivity index (χ4v) is 5.33. The second-order valence-electron chi connectivity index (χ2n) is 9.54. The van der Waals surface area contributed by atoms with Gasteiger partial charge in [0.05, 0.1) is 17.1 Å². The summed E-state index contributed by atoms with van der Waals surface area (Å²) in [5.74, 6) is 0. The number of nitrogens with one attached hydrogen (secondary N) is 2. The minimum Gasteiger partial charge on any atom is -0.371 e. The number of piperidine rings is 1. The minimum atomic E-state index is -3.64. The van der Waals surface area contributed by atoms with Crippen LogP contribution >= 0.6 is 12.4 Å². The molecule has 0 bridgehead atoms. The first-order chi connectivity index (χ1) is 14.0. The van der Waals surface area contributed by atoms with E-state index in [1.165, 1.54) is 0 Å². The first-order valence-electron chi connectivity index (χ1n) is 10.6. The molecule has 0 spiro atoms. The number of benzene rings is 2. The standard InChI is InChI=1S/C24H34N2O3S.ClH/c1-18-6-11-22(30(27,28)26-23(2,3)4)21(16-18)20-9-7-19(8-10-20)17-29-24(5)12-14-25-15-13-24;/h6-11,16,25-26H,12-15,17H2,1-5H3;1H. The van der Waals surface area contributed by atoms with E-state index in [1.54, 1.807) is 6.07 Å². The molecule has 31 heavy (non-hydrogen) atoms. The van der Waals surface area contributed by atoms with E-state index in [1.807, 2.05) is 64.1 Å². The summed E-state index contributed by atoms with van der Waals surface area (Å²) in [4.78, 5) is 0.300. The van der Waals surface area contributed by atoms with E-state index in [0.29, 0.717) is 17.1 Å². The highest BCUT2D eigenvalue weighted by atomic mass is 35.5. The molecule has 0 aliphatic carbocycles. The van der Waals surface area contributed by atoms with Crippen molar-refractivity contribution in [2.45, 2.75) is 70.1 Å². The van der Waals surface area contributed by atoms with E-state index in [9.17, 15) is 8.42 Å². The summed E-state index contributed by atoms with van der Waals surface area (Å²) in [6.45, 7) is 12.2. The van der Waals surface area contributed by atoms with Crippen molar-refractivity contribution in [1.29, 1.82) is 0 Å². The van der Waals surface area contributed by atoms with Crippen LogP contribution in [-0.2, 0) is 21.4 Å². The third kappa shape index (κ3) is 7.02. The summed E-state index contributed by atoms with van der Waals surface area (Å²) in [5, 5.41) is 3.37. The molecule has 1 fully saturated rings. The number of halogens is 1. The maximum Gasteiger partial charge on any atom is 0.241 e. The van der Waals surface area contributed by atoms with Gasteiger partial charge in [0.1, 0.15) is 0 Å². The van der Waals surface area contributed by atoms with E-state index in [0.717, 1.165) is 42.6 Å². The summed E-state index contributed by atoms with van der Waals surface area (Å²) in [7, 11) is -3.64. The van der Waals surface area contributed by atoms with Gasteiger partial charge < -0.3 is 10.1 Å². The van der Waals surface area contributed by atoms with Crippen LogP contribution in [0.5, 0.6) is 0 Å². The van der Waals surface area contributed by atoms with Crippen LogP contribution in [-0.4, -0.2) is 32.6 Å². The van der Waals surface area contributed by atoms with Crippen LogP contribution in [0, 0.1) is 6.92 Å². The predicted octanol–water partition coefficient (Wildman–Crippen LogP) is 4.82. The highest BCUT2D eigenvalue weighted by Gasteiger charge is 2.27. The first-order valence-corrected chi connectivity index (χ1v) is 12.0. The molecular formula is C24H35ClN2O3S. The molecule has 1 aliphatic heterocycles. The lowest BCUT2D eigenvalue weighted by Crippen LogP contribution is -2.41. The van der Waals surface area contributed by atoms with Crippen molar-refractivity contribution in [1.82, 2.24) is 10.0 Å². The fraction of sp³-hybridized carbons (Fsp3) is 0.500. The molecule has 0 atom stereocenters. The molecular weight excluding hydrogens is 432 g/mol. The molecule has 0 radical (unpaired) electrons. The van der Waals surface area contributed by atoms with Crippen molar-refractivity contribution in [3.63, 3.8) is 0 Å². The summed E-state index contributed by atoms with van der Waals surface area (Å²) in [6.07, 6.45) is 2.02. The van der Waals surface area contributed by atoms with Crippen molar-refractivity contribution in [3.05, 3.63) is 53.6 Å². The Balaban J connectivity index is 0.00000341. The van der Waals surface area contributed by atoms with Gasteiger partial charge in [-0.25, -0.2) is 13.1 Å². The SMILES string of the molecule is Cc1ccc(S(=O)(=O)NC(C)(C)C)c(-c2ccc(COC3(C)CCNCC3)cc2)c1.Cl. The Hall–Kier alpha value is -1.44. The Kier molecular flexibility index (Phi) is 8.33. The van der Waals surface area contributed by atoms with E-state index < -0.39 is 15.6 Å². The molecule has 7 heteroatoms. The van der Waals surface area contributed by atoms with Gasteiger partial charge >= 0.3 is 0 Å². The zero-order valence-corrected chi connectivity index (χ0v) is 20.8. The monoisotopic (exact) mass is 466 g/mol. The van der Waals surface area contributed by atoms with Gasteiger partial charge in [0.2, 0.25) is 10.0 Å². The molecule has 0 unspecified atom stereocenters. The molecule has 2 N–H and O–H groups in total. The van der Waals surface area contributed by atoms with Crippen LogP contribution in [0.25, 0.3) is 11.1 Å². The van der Waals surface area contributed by atoms with E-state index in [2.05, 4.69) is 17.0 Å². The van der Waals surface area contributed by atoms with Gasteiger partial charge in [0.15, 0.2) is 0 Å². The largest absolute Gasteiger partial charge is 0.371 e. The van der Waals surface area contributed by atoms with Gasteiger partial charge in [-0.3, -0.25) is 0 Å². The van der Waals surface area contributed by atoms with Crippen LogP contribution in [0.15, 0.2) is 47.4 Å². The van der Waals surface area contributed by atoms with Crippen LogP contribution in [0.1, 0.15) is 51.7 Å². The van der Waals surface area contributed by atoms with Gasteiger partial charge in [-0.1, -0.05) is 42.0 Å². The molecule has 2 aromatic carbocycles. The quantitative estimate of drug-likeness (QED) is 0.640. The molecule has 1 aliphatic rings. The molecule has 0 amide bonds. The Labute approximate surface area is 193 Å². The minimum absolute atomic E-state index is 0. The van der Waals surface area contributed by atoms with Crippen molar-refractivity contribution in [2.75, 3.05) is 13.1 Å². The smallest absolute Gasteiger partial charge is 0.241 e. The van der Waals surface area contributed by atoms with Gasteiger partial charge in [0.25, 0.3) is 0 Å². The molecule has 0 saturated carbocycles. The first kappa shape index (κ1) is 25.8. The predicted molar refractivity (Wildman–Crippen MR) is 129 cm³/mol. The van der Waals surface area contributed by atoms with Crippen molar-refractivity contribution in [3.8, 4) is 11.1 Å². The normalized spacial score (nSPS) is 16.5. The number of rotatable bonds is 6. The number of hydrogen-bond acceptors (Lipinski definition) is 4. The molecule has 172 valence electrons. The number of sulfonamides is 1. The third-order valence-electron chi connectivity index (χ3n) is 5.38. The van der Waals surface area contributed by atoms with Gasteiger partial charge in [-0.05, 0) is 77.7 Å².